The number of hydrogen-bond acceptors (Lipinski definition) is 2. The number of rotatable bonds is 4. The summed E-state index contributed by atoms with van der Waals surface area (Å²) in [4.78, 5) is 0. The van der Waals surface area contributed by atoms with Crippen molar-refractivity contribution in [1.29, 1.82) is 0 Å². The number of alkyl halides is 5. The summed E-state index contributed by atoms with van der Waals surface area (Å²) in [6.07, 6.45) is -8.54. The molecule has 0 saturated heterocycles. The van der Waals surface area contributed by atoms with E-state index in [4.69, 9.17) is 0 Å². The molecule has 0 aliphatic heterocycles. The first-order valence-electron chi connectivity index (χ1n) is 6.58. The molecule has 2 nitrogen and oxygen atoms in total. The number of aliphatic hydroxyl groups is 2. The van der Waals surface area contributed by atoms with Gasteiger partial charge in [-0.3, -0.25) is 0 Å². The van der Waals surface area contributed by atoms with Crippen molar-refractivity contribution in [2.24, 2.45) is 0 Å². The first kappa shape index (κ1) is 17.4. The van der Waals surface area contributed by atoms with Gasteiger partial charge in [-0.25, -0.2) is 0 Å². The monoisotopic (exact) mass is 332 g/mol. The Labute approximate surface area is 128 Å². The van der Waals surface area contributed by atoms with E-state index in [-0.39, 0.29) is 0 Å². The van der Waals surface area contributed by atoms with Gasteiger partial charge in [-0.05, 0) is 11.1 Å². The maximum Gasteiger partial charge on any atom is 0.427 e. The van der Waals surface area contributed by atoms with Crippen molar-refractivity contribution < 1.29 is 32.2 Å². The normalized spacial score (nSPS) is 16.7. The second kappa shape index (κ2) is 5.90. The quantitative estimate of drug-likeness (QED) is 0.836. The minimum absolute atomic E-state index is 0.434. The average molecular weight is 332 g/mol. The van der Waals surface area contributed by atoms with Gasteiger partial charge in [-0.2, -0.15) is 22.0 Å². The van der Waals surface area contributed by atoms with Gasteiger partial charge in [0, 0.05) is 0 Å². The van der Waals surface area contributed by atoms with Crippen molar-refractivity contribution in [2.45, 2.75) is 23.8 Å². The van der Waals surface area contributed by atoms with Crippen LogP contribution in [0, 0.1) is 0 Å². The molecule has 0 aliphatic carbocycles. The minimum Gasteiger partial charge on any atom is -0.382 e. The Morgan fingerprint density at radius 1 is 0.739 bits per heavy atom. The fourth-order valence-electron chi connectivity index (χ4n) is 2.27. The Morgan fingerprint density at radius 2 is 1.17 bits per heavy atom. The van der Waals surface area contributed by atoms with Crippen LogP contribution in [-0.4, -0.2) is 22.3 Å². The summed E-state index contributed by atoms with van der Waals surface area (Å²) in [6.45, 7) is 0. The highest BCUT2D eigenvalue weighted by Crippen LogP contribution is 2.53. The van der Waals surface area contributed by atoms with E-state index in [1.165, 1.54) is 24.3 Å². The molecule has 0 amide bonds. The standard InChI is InChI=1S/C16H13F5O2/c17-15(18,13(22)11-7-3-1-4-8-11)14(23,16(19,20)21)12-9-5-2-6-10-12/h1-10,13,22-23H/t13-,14+/m0/s1. The molecule has 2 aromatic rings. The Morgan fingerprint density at radius 3 is 1.61 bits per heavy atom. The molecule has 0 spiro atoms. The van der Waals surface area contributed by atoms with Crippen molar-refractivity contribution in [3.8, 4) is 0 Å². The summed E-state index contributed by atoms with van der Waals surface area (Å²) in [5.41, 5.74) is -6.01. The van der Waals surface area contributed by atoms with Crippen LogP contribution < -0.4 is 0 Å². The molecule has 0 heterocycles. The lowest BCUT2D eigenvalue weighted by atomic mass is 9.82. The van der Waals surface area contributed by atoms with Gasteiger partial charge in [0.15, 0.2) is 0 Å². The van der Waals surface area contributed by atoms with E-state index < -0.39 is 34.9 Å². The summed E-state index contributed by atoms with van der Waals surface area (Å²) in [7, 11) is 0. The molecular weight excluding hydrogens is 319 g/mol. The summed E-state index contributed by atoms with van der Waals surface area (Å²) in [5.74, 6) is -4.91. The molecular formula is C16H13F5O2. The number of hydrogen-bond donors (Lipinski definition) is 2. The third-order valence-electron chi connectivity index (χ3n) is 3.54. The highest BCUT2D eigenvalue weighted by Gasteiger charge is 2.72. The Bertz CT molecular complexity index is 643. The summed E-state index contributed by atoms with van der Waals surface area (Å²) >= 11 is 0. The summed E-state index contributed by atoms with van der Waals surface area (Å²) in [5, 5.41) is 19.7. The SMILES string of the molecule is O[C@@H](c1ccccc1)C(F)(F)[C@](O)(c1ccccc1)C(F)(F)F. The Hall–Kier alpha value is -1.99. The van der Waals surface area contributed by atoms with Crippen LogP contribution in [0.1, 0.15) is 17.2 Å². The van der Waals surface area contributed by atoms with Crippen molar-refractivity contribution in [3.63, 3.8) is 0 Å². The second-order valence-electron chi connectivity index (χ2n) is 5.01. The molecule has 0 aliphatic rings. The Kier molecular flexibility index (Phi) is 4.45. The minimum atomic E-state index is -5.70. The predicted molar refractivity (Wildman–Crippen MR) is 72.7 cm³/mol. The highest BCUT2D eigenvalue weighted by atomic mass is 19.4. The van der Waals surface area contributed by atoms with Crippen molar-refractivity contribution in [1.82, 2.24) is 0 Å². The van der Waals surface area contributed by atoms with Gasteiger partial charge in [0.1, 0.15) is 6.10 Å². The fourth-order valence-corrected chi connectivity index (χ4v) is 2.27. The molecule has 124 valence electrons. The van der Waals surface area contributed by atoms with E-state index in [2.05, 4.69) is 0 Å². The maximum atomic E-state index is 14.5. The van der Waals surface area contributed by atoms with Crippen LogP contribution >= 0.6 is 0 Å². The van der Waals surface area contributed by atoms with E-state index in [0.29, 0.717) is 0 Å². The van der Waals surface area contributed by atoms with E-state index >= 15 is 0 Å². The number of benzene rings is 2. The average Bonchev–Trinajstić information content (AvgIpc) is 2.53. The lowest BCUT2D eigenvalue weighted by molar-refractivity contribution is -0.359. The molecule has 2 atom stereocenters. The third kappa shape index (κ3) is 2.82. The van der Waals surface area contributed by atoms with Gasteiger partial charge >= 0.3 is 12.1 Å². The zero-order valence-corrected chi connectivity index (χ0v) is 11.6. The van der Waals surface area contributed by atoms with Gasteiger partial charge in [0.05, 0.1) is 0 Å². The molecule has 2 N–H and O–H groups in total. The lowest BCUT2D eigenvalue weighted by Gasteiger charge is -2.39. The van der Waals surface area contributed by atoms with Gasteiger partial charge in [0.25, 0.3) is 5.60 Å². The smallest absolute Gasteiger partial charge is 0.382 e. The van der Waals surface area contributed by atoms with E-state index in [0.717, 1.165) is 36.4 Å². The number of aliphatic hydroxyl groups excluding tert-OH is 1. The van der Waals surface area contributed by atoms with Crippen molar-refractivity contribution in [2.75, 3.05) is 0 Å². The van der Waals surface area contributed by atoms with Crippen LogP contribution in [0.3, 0.4) is 0 Å². The zero-order chi connectivity index (χ0) is 17.3. The largest absolute Gasteiger partial charge is 0.427 e. The van der Waals surface area contributed by atoms with Crippen molar-refractivity contribution in [3.05, 3.63) is 71.8 Å². The summed E-state index contributed by atoms with van der Waals surface area (Å²) in [6, 6.07) is 11.1. The molecule has 0 aromatic heterocycles. The first-order chi connectivity index (χ1) is 10.6. The molecule has 0 radical (unpaired) electrons. The molecule has 0 saturated carbocycles. The van der Waals surface area contributed by atoms with Crippen molar-refractivity contribution >= 4 is 0 Å². The van der Waals surface area contributed by atoms with Crippen LogP contribution in [0.2, 0.25) is 0 Å². The summed E-state index contributed by atoms with van der Waals surface area (Å²) < 4.78 is 69.0. The molecule has 0 bridgehead atoms. The first-order valence-corrected chi connectivity index (χ1v) is 6.58. The van der Waals surface area contributed by atoms with Crippen LogP contribution in [-0.2, 0) is 5.60 Å². The fraction of sp³-hybridized carbons (Fsp3) is 0.250. The van der Waals surface area contributed by atoms with E-state index in [1.54, 1.807) is 0 Å². The molecule has 2 aromatic carbocycles. The molecule has 7 heteroatoms. The second-order valence-corrected chi connectivity index (χ2v) is 5.01. The zero-order valence-electron chi connectivity index (χ0n) is 11.6. The topological polar surface area (TPSA) is 40.5 Å². The molecule has 0 fully saturated rings. The molecule has 0 unspecified atom stereocenters. The third-order valence-corrected chi connectivity index (χ3v) is 3.54. The number of halogens is 5. The predicted octanol–water partition coefficient (Wildman–Crippen LogP) is 3.81. The molecule has 23 heavy (non-hydrogen) atoms. The van der Waals surface area contributed by atoms with Crippen LogP contribution in [0.4, 0.5) is 22.0 Å². The van der Waals surface area contributed by atoms with Crippen LogP contribution in [0.25, 0.3) is 0 Å². The van der Waals surface area contributed by atoms with Gasteiger partial charge in [-0.15, -0.1) is 0 Å². The maximum absolute atomic E-state index is 14.5. The van der Waals surface area contributed by atoms with E-state index in [1.807, 2.05) is 0 Å². The van der Waals surface area contributed by atoms with Crippen LogP contribution in [0.15, 0.2) is 60.7 Å². The van der Waals surface area contributed by atoms with E-state index in [9.17, 15) is 32.2 Å². The lowest BCUT2D eigenvalue weighted by Crippen LogP contribution is -2.58. The molecule has 2 rings (SSSR count). The van der Waals surface area contributed by atoms with Gasteiger partial charge in [-0.1, -0.05) is 60.7 Å². The van der Waals surface area contributed by atoms with Crippen LogP contribution in [0.5, 0.6) is 0 Å². The Balaban J connectivity index is 2.59. The highest BCUT2D eigenvalue weighted by molar-refractivity contribution is 5.31. The van der Waals surface area contributed by atoms with Gasteiger partial charge in [0.2, 0.25) is 0 Å². The van der Waals surface area contributed by atoms with Gasteiger partial charge < -0.3 is 10.2 Å².